The van der Waals surface area contributed by atoms with E-state index >= 15 is 0 Å². The van der Waals surface area contributed by atoms with Crippen LogP contribution in [-0.2, 0) is 29.1 Å². The van der Waals surface area contributed by atoms with Crippen molar-refractivity contribution >= 4 is 45.3 Å². The van der Waals surface area contributed by atoms with Crippen molar-refractivity contribution in [1.82, 2.24) is 9.62 Å². The van der Waals surface area contributed by atoms with Gasteiger partial charge in [-0.1, -0.05) is 0 Å². The zero-order chi connectivity index (χ0) is 20.6. The van der Waals surface area contributed by atoms with E-state index in [4.69, 9.17) is 10.5 Å². The summed E-state index contributed by atoms with van der Waals surface area (Å²) >= 11 is 1.19. The summed E-state index contributed by atoms with van der Waals surface area (Å²) in [4.78, 5) is 36.1. The van der Waals surface area contributed by atoms with Crippen LogP contribution in [-0.4, -0.2) is 60.0 Å². The Labute approximate surface area is 164 Å². The average Bonchev–Trinajstić information content (AvgIpc) is 2.63. The van der Waals surface area contributed by atoms with Crippen LogP contribution in [0.15, 0.2) is 40.4 Å². The number of nitrogens with zero attached hydrogens (tertiary/aromatic N) is 1. The Morgan fingerprint density at radius 1 is 1.36 bits per heavy atom. The summed E-state index contributed by atoms with van der Waals surface area (Å²) in [6.45, 7) is 0.943. The molecule has 3 rings (SSSR count). The van der Waals surface area contributed by atoms with E-state index in [0.29, 0.717) is 5.69 Å². The Balaban J connectivity index is 1.81. The van der Waals surface area contributed by atoms with E-state index in [2.05, 4.69) is 4.72 Å². The van der Waals surface area contributed by atoms with E-state index in [1.165, 1.54) is 43.0 Å². The second-order valence-corrected chi connectivity index (χ2v) is 8.93. The number of fused-ring (bicyclic) bond motifs is 1. The molecule has 4 N–H and O–H groups in total. The van der Waals surface area contributed by atoms with Crippen LogP contribution in [0.5, 0.6) is 0 Å². The SMILES string of the molecule is CC(=O)OCC1=C(C(=O)O)N2C(=O)[C@@H](NS(=O)(=O)c3ccc(N)cc3)[C@H]2SC1. The van der Waals surface area contributed by atoms with Crippen LogP contribution >= 0.6 is 11.8 Å². The second kappa shape index (κ2) is 7.45. The van der Waals surface area contributed by atoms with Gasteiger partial charge in [0.15, 0.2) is 0 Å². The van der Waals surface area contributed by atoms with E-state index in [1.807, 2.05) is 0 Å². The molecule has 1 aromatic rings. The first-order valence-electron chi connectivity index (χ1n) is 8.03. The molecule has 2 atom stereocenters. The molecule has 1 aromatic carbocycles. The number of esters is 1. The Morgan fingerprint density at radius 2 is 2.00 bits per heavy atom. The van der Waals surface area contributed by atoms with Gasteiger partial charge in [-0.15, -0.1) is 11.8 Å². The smallest absolute Gasteiger partial charge is 0.352 e. The fourth-order valence-corrected chi connectivity index (χ4v) is 5.45. The molecule has 150 valence electrons. The molecule has 1 amide bonds. The second-order valence-electron chi connectivity index (χ2n) is 6.12. The number of carbonyl (C=O) groups is 3. The van der Waals surface area contributed by atoms with E-state index in [-0.39, 0.29) is 28.5 Å². The zero-order valence-electron chi connectivity index (χ0n) is 14.6. The summed E-state index contributed by atoms with van der Waals surface area (Å²) in [7, 11) is -3.99. The highest BCUT2D eigenvalue weighted by Gasteiger charge is 2.55. The number of rotatable bonds is 6. The third kappa shape index (κ3) is 3.70. The summed E-state index contributed by atoms with van der Waals surface area (Å²) in [6.07, 6.45) is 0. The highest BCUT2D eigenvalue weighted by atomic mass is 32.2. The third-order valence-corrected chi connectivity index (χ3v) is 6.97. The first-order chi connectivity index (χ1) is 13.1. The van der Waals surface area contributed by atoms with Gasteiger partial charge in [-0.25, -0.2) is 13.2 Å². The lowest BCUT2D eigenvalue weighted by molar-refractivity contribution is -0.148. The molecule has 2 heterocycles. The van der Waals surface area contributed by atoms with Gasteiger partial charge in [-0.2, -0.15) is 4.72 Å². The Hall–Kier alpha value is -2.57. The number of thioether (sulfide) groups is 1. The van der Waals surface area contributed by atoms with Crippen molar-refractivity contribution in [2.45, 2.75) is 23.2 Å². The molecule has 28 heavy (non-hydrogen) atoms. The molecule has 1 saturated heterocycles. The molecule has 0 spiro atoms. The Bertz CT molecular complexity index is 972. The lowest BCUT2D eigenvalue weighted by Gasteiger charge is -2.49. The molecule has 10 nitrogen and oxygen atoms in total. The number of hydrogen-bond donors (Lipinski definition) is 3. The van der Waals surface area contributed by atoms with Gasteiger partial charge in [0.05, 0.1) is 4.90 Å². The van der Waals surface area contributed by atoms with Crippen LogP contribution in [0.25, 0.3) is 0 Å². The summed E-state index contributed by atoms with van der Waals surface area (Å²) < 4.78 is 32.2. The number of nitrogen functional groups attached to an aromatic ring is 1. The molecule has 2 aliphatic rings. The first kappa shape index (κ1) is 20.2. The fourth-order valence-electron chi connectivity index (χ4n) is 2.84. The largest absolute Gasteiger partial charge is 0.477 e. The predicted octanol–water partition coefficient (Wildman–Crippen LogP) is -0.267. The van der Waals surface area contributed by atoms with E-state index < -0.39 is 39.3 Å². The van der Waals surface area contributed by atoms with Gasteiger partial charge in [-0.3, -0.25) is 14.5 Å². The van der Waals surface area contributed by atoms with Gasteiger partial charge in [0.25, 0.3) is 0 Å². The molecule has 0 bridgehead atoms. The quantitative estimate of drug-likeness (QED) is 0.316. The lowest BCUT2D eigenvalue weighted by Crippen LogP contribution is -2.70. The van der Waals surface area contributed by atoms with Crippen LogP contribution in [0, 0.1) is 0 Å². The van der Waals surface area contributed by atoms with Gasteiger partial charge < -0.3 is 15.6 Å². The van der Waals surface area contributed by atoms with E-state index in [9.17, 15) is 27.9 Å². The van der Waals surface area contributed by atoms with Crippen molar-refractivity contribution in [3.63, 3.8) is 0 Å². The van der Waals surface area contributed by atoms with Crippen LogP contribution in [0.1, 0.15) is 6.92 Å². The van der Waals surface area contributed by atoms with Crippen molar-refractivity contribution in [2.75, 3.05) is 18.1 Å². The minimum atomic E-state index is -3.99. The standard InChI is InChI=1S/C16H17N3O7S2/c1-8(20)26-6-9-7-27-15-12(14(21)19(15)13(9)16(22)23)18-28(24,25)11-4-2-10(17)3-5-11/h2-5,12,15,18H,6-7,17H2,1H3,(H,22,23)/t12-,15-/m1/s1. The van der Waals surface area contributed by atoms with Gasteiger partial charge in [0.1, 0.15) is 23.7 Å². The fraction of sp³-hybridized carbons (Fsp3) is 0.312. The minimum absolute atomic E-state index is 0.0571. The van der Waals surface area contributed by atoms with Crippen LogP contribution in [0.4, 0.5) is 5.69 Å². The minimum Gasteiger partial charge on any atom is -0.477 e. The van der Waals surface area contributed by atoms with Gasteiger partial charge in [-0.05, 0) is 24.3 Å². The zero-order valence-corrected chi connectivity index (χ0v) is 16.2. The van der Waals surface area contributed by atoms with Gasteiger partial charge in [0.2, 0.25) is 15.9 Å². The number of sulfonamides is 1. The van der Waals surface area contributed by atoms with Crippen molar-refractivity contribution in [3.8, 4) is 0 Å². The van der Waals surface area contributed by atoms with Gasteiger partial charge >= 0.3 is 11.9 Å². The molecule has 0 aliphatic carbocycles. The number of anilines is 1. The molecule has 1 fully saturated rings. The lowest BCUT2D eigenvalue weighted by atomic mass is 10.0. The summed E-state index contributed by atoms with van der Waals surface area (Å²) in [6, 6.07) is 4.37. The number of nitrogens with two attached hydrogens (primary N) is 1. The Morgan fingerprint density at radius 3 is 2.57 bits per heavy atom. The summed E-state index contributed by atoms with van der Waals surface area (Å²) in [5, 5.41) is 8.78. The maximum absolute atomic E-state index is 12.5. The third-order valence-electron chi connectivity index (χ3n) is 4.17. The topological polar surface area (TPSA) is 156 Å². The molecule has 0 radical (unpaired) electrons. The van der Waals surface area contributed by atoms with Crippen LogP contribution < -0.4 is 10.5 Å². The number of amides is 1. The number of aliphatic carboxylic acids is 1. The number of nitrogens with one attached hydrogen (secondary N) is 1. The average molecular weight is 427 g/mol. The van der Waals surface area contributed by atoms with Crippen LogP contribution in [0.2, 0.25) is 0 Å². The molecule has 0 unspecified atom stereocenters. The first-order valence-corrected chi connectivity index (χ1v) is 10.6. The molecule has 0 aromatic heterocycles. The molecule has 2 aliphatic heterocycles. The van der Waals surface area contributed by atoms with E-state index in [1.54, 1.807) is 0 Å². The van der Waals surface area contributed by atoms with Crippen molar-refractivity contribution in [1.29, 1.82) is 0 Å². The van der Waals surface area contributed by atoms with Crippen molar-refractivity contribution < 1.29 is 32.6 Å². The summed E-state index contributed by atoms with van der Waals surface area (Å²) in [5.74, 6) is -2.42. The molecule has 12 heteroatoms. The number of hydrogen-bond acceptors (Lipinski definition) is 8. The Kier molecular flexibility index (Phi) is 5.37. The molecular weight excluding hydrogens is 410 g/mol. The normalized spacial score (nSPS) is 21.8. The van der Waals surface area contributed by atoms with Gasteiger partial charge in [0, 0.05) is 23.9 Å². The number of carboxylic acid groups (broad SMARTS) is 1. The highest BCUT2D eigenvalue weighted by molar-refractivity contribution is 8.00. The van der Waals surface area contributed by atoms with E-state index in [0.717, 1.165) is 4.90 Å². The number of carboxylic acids is 1. The maximum atomic E-state index is 12.5. The van der Waals surface area contributed by atoms with Crippen molar-refractivity contribution in [3.05, 3.63) is 35.5 Å². The molecule has 0 saturated carbocycles. The predicted molar refractivity (Wildman–Crippen MR) is 99.4 cm³/mol. The summed E-state index contributed by atoms with van der Waals surface area (Å²) in [5.41, 5.74) is 5.93. The number of ether oxygens (including phenoxy) is 1. The number of benzene rings is 1. The molecular formula is C16H17N3O7S2. The van der Waals surface area contributed by atoms with Crippen LogP contribution in [0.3, 0.4) is 0 Å². The number of carbonyl (C=O) groups excluding carboxylic acids is 2. The number of β-lactam (4-membered cyclic amide) rings is 1. The highest BCUT2D eigenvalue weighted by Crippen LogP contribution is 2.40. The monoisotopic (exact) mass is 427 g/mol. The van der Waals surface area contributed by atoms with Crippen molar-refractivity contribution in [2.24, 2.45) is 0 Å². The maximum Gasteiger partial charge on any atom is 0.352 e.